The molecule has 4 heterocycles. The van der Waals surface area contributed by atoms with Gasteiger partial charge in [-0.15, -0.1) is 10.2 Å². The van der Waals surface area contributed by atoms with E-state index in [1.54, 1.807) is 9.20 Å². The Morgan fingerprint density at radius 3 is 2.58 bits per heavy atom. The summed E-state index contributed by atoms with van der Waals surface area (Å²) in [5, 5.41) is 8.99. The van der Waals surface area contributed by atoms with Crippen molar-refractivity contribution in [2.24, 2.45) is 7.05 Å². The molecule has 1 aliphatic heterocycles. The minimum atomic E-state index is 0.639. The molecule has 0 saturated carbocycles. The van der Waals surface area contributed by atoms with Gasteiger partial charge in [-0.3, -0.25) is 0 Å². The van der Waals surface area contributed by atoms with Crippen LogP contribution in [0.25, 0.3) is 17.8 Å². The zero-order chi connectivity index (χ0) is 16.7. The molecule has 0 unspecified atom stereocenters. The summed E-state index contributed by atoms with van der Waals surface area (Å²) in [7, 11) is 1.90. The van der Waals surface area contributed by atoms with E-state index in [9.17, 15) is 0 Å². The number of hydrogen-bond donors (Lipinski definition) is 0. The van der Waals surface area contributed by atoms with Crippen LogP contribution in [0.1, 0.15) is 35.9 Å². The predicted molar refractivity (Wildman–Crippen MR) is 91.6 cm³/mol. The molecule has 0 spiro atoms. The third-order valence-corrected chi connectivity index (χ3v) is 4.28. The van der Waals surface area contributed by atoms with Crippen molar-refractivity contribution in [3.8, 4) is 0 Å². The molecule has 24 heavy (non-hydrogen) atoms. The average Bonchev–Trinajstić information content (AvgIpc) is 3.28. The molecule has 1 saturated heterocycles. The molecule has 1 fully saturated rings. The standard InChI is InChI=1S/C16H20N8/c1-11-10-17-12(2)24-15(11)18-13(20-24)6-7-14-19-16(21-22(14)3)23-8-4-5-9-23/h6-7,10H,4-5,8-9H2,1-3H3/b7-6+. The minimum absolute atomic E-state index is 0.639. The number of nitrogens with zero attached hydrogens (tertiary/aromatic N) is 8. The Balaban J connectivity index is 1.63. The van der Waals surface area contributed by atoms with Crippen molar-refractivity contribution in [2.45, 2.75) is 26.7 Å². The number of aryl methyl sites for hydroxylation is 3. The highest BCUT2D eigenvalue weighted by Gasteiger charge is 2.17. The molecule has 3 aromatic rings. The van der Waals surface area contributed by atoms with Crippen molar-refractivity contribution < 1.29 is 0 Å². The first-order chi connectivity index (χ1) is 11.6. The van der Waals surface area contributed by atoms with Crippen molar-refractivity contribution >= 4 is 23.7 Å². The van der Waals surface area contributed by atoms with Gasteiger partial charge in [0.2, 0.25) is 5.95 Å². The van der Waals surface area contributed by atoms with Crippen LogP contribution in [-0.4, -0.2) is 47.4 Å². The van der Waals surface area contributed by atoms with Gasteiger partial charge in [0.25, 0.3) is 0 Å². The first-order valence-electron chi connectivity index (χ1n) is 8.15. The van der Waals surface area contributed by atoms with Gasteiger partial charge in [0, 0.05) is 31.9 Å². The molecule has 0 aromatic carbocycles. The molecule has 4 rings (SSSR count). The molecular weight excluding hydrogens is 304 g/mol. The van der Waals surface area contributed by atoms with Crippen LogP contribution in [0.3, 0.4) is 0 Å². The third kappa shape index (κ3) is 2.53. The largest absolute Gasteiger partial charge is 0.340 e. The van der Waals surface area contributed by atoms with E-state index in [2.05, 4.69) is 30.0 Å². The van der Waals surface area contributed by atoms with Gasteiger partial charge in [-0.05, 0) is 38.8 Å². The maximum Gasteiger partial charge on any atom is 0.245 e. The summed E-state index contributed by atoms with van der Waals surface area (Å²) in [5.74, 6) is 3.05. The van der Waals surface area contributed by atoms with Crippen molar-refractivity contribution in [1.82, 2.24) is 34.3 Å². The van der Waals surface area contributed by atoms with E-state index in [1.807, 2.05) is 39.2 Å². The molecule has 1 aliphatic rings. The van der Waals surface area contributed by atoms with Crippen LogP contribution < -0.4 is 4.90 Å². The summed E-state index contributed by atoms with van der Waals surface area (Å²) < 4.78 is 3.55. The molecule has 0 amide bonds. The topological polar surface area (TPSA) is 77.0 Å². The summed E-state index contributed by atoms with van der Waals surface area (Å²) in [6.45, 7) is 5.97. The Labute approximate surface area is 139 Å². The zero-order valence-corrected chi connectivity index (χ0v) is 14.1. The average molecular weight is 324 g/mol. The Bertz CT molecular complexity index is 875. The summed E-state index contributed by atoms with van der Waals surface area (Å²) in [6.07, 6.45) is 8.00. The van der Waals surface area contributed by atoms with E-state index >= 15 is 0 Å². The van der Waals surface area contributed by atoms with Crippen molar-refractivity contribution in [2.75, 3.05) is 18.0 Å². The molecule has 8 heteroatoms. The smallest absolute Gasteiger partial charge is 0.245 e. The summed E-state index contributed by atoms with van der Waals surface area (Å²) in [6, 6.07) is 0. The Morgan fingerprint density at radius 2 is 1.83 bits per heavy atom. The number of hydrogen-bond acceptors (Lipinski definition) is 6. The van der Waals surface area contributed by atoms with Crippen molar-refractivity contribution in [1.29, 1.82) is 0 Å². The van der Waals surface area contributed by atoms with E-state index < -0.39 is 0 Å². The Hall–Kier alpha value is -2.77. The second-order valence-electron chi connectivity index (χ2n) is 6.11. The molecule has 0 atom stereocenters. The van der Waals surface area contributed by atoms with E-state index in [4.69, 9.17) is 0 Å². The lowest BCUT2D eigenvalue weighted by atomic mass is 10.3. The minimum Gasteiger partial charge on any atom is -0.340 e. The first kappa shape index (κ1) is 14.8. The van der Waals surface area contributed by atoms with Gasteiger partial charge in [-0.2, -0.15) is 9.50 Å². The normalized spacial score (nSPS) is 15.2. The van der Waals surface area contributed by atoms with Crippen LogP contribution in [0.15, 0.2) is 6.20 Å². The quantitative estimate of drug-likeness (QED) is 0.729. The van der Waals surface area contributed by atoms with Gasteiger partial charge in [0.05, 0.1) is 0 Å². The second kappa shape index (κ2) is 5.70. The maximum absolute atomic E-state index is 4.61. The van der Waals surface area contributed by atoms with E-state index in [1.165, 1.54) is 12.8 Å². The first-order valence-corrected chi connectivity index (χ1v) is 8.15. The summed E-state index contributed by atoms with van der Waals surface area (Å²) in [4.78, 5) is 15.7. The number of anilines is 1. The molecule has 0 radical (unpaired) electrons. The molecule has 3 aromatic heterocycles. The number of rotatable bonds is 3. The fourth-order valence-corrected chi connectivity index (χ4v) is 2.91. The molecule has 0 aliphatic carbocycles. The van der Waals surface area contributed by atoms with Crippen LogP contribution in [0.5, 0.6) is 0 Å². The molecular formula is C16H20N8. The highest BCUT2D eigenvalue weighted by atomic mass is 15.4. The van der Waals surface area contributed by atoms with Gasteiger partial charge >= 0.3 is 0 Å². The van der Waals surface area contributed by atoms with Gasteiger partial charge in [-0.25, -0.2) is 14.6 Å². The van der Waals surface area contributed by atoms with Gasteiger partial charge in [0.15, 0.2) is 17.3 Å². The van der Waals surface area contributed by atoms with E-state index in [0.717, 1.165) is 41.9 Å². The maximum atomic E-state index is 4.61. The van der Waals surface area contributed by atoms with Crippen LogP contribution in [-0.2, 0) is 7.05 Å². The van der Waals surface area contributed by atoms with Crippen LogP contribution in [0, 0.1) is 13.8 Å². The second-order valence-corrected chi connectivity index (χ2v) is 6.11. The lowest BCUT2D eigenvalue weighted by molar-refractivity contribution is 0.747. The molecule has 0 bridgehead atoms. The van der Waals surface area contributed by atoms with Crippen LogP contribution in [0.2, 0.25) is 0 Å². The van der Waals surface area contributed by atoms with E-state index in [-0.39, 0.29) is 0 Å². The fraction of sp³-hybridized carbons (Fsp3) is 0.438. The van der Waals surface area contributed by atoms with Crippen LogP contribution >= 0.6 is 0 Å². The van der Waals surface area contributed by atoms with Gasteiger partial charge in [0.1, 0.15) is 5.82 Å². The Morgan fingerprint density at radius 1 is 1.04 bits per heavy atom. The van der Waals surface area contributed by atoms with Crippen LogP contribution in [0.4, 0.5) is 5.95 Å². The lowest BCUT2D eigenvalue weighted by Gasteiger charge is -2.10. The highest BCUT2D eigenvalue weighted by molar-refractivity contribution is 5.65. The van der Waals surface area contributed by atoms with Gasteiger partial charge in [-0.1, -0.05) is 0 Å². The number of fused-ring (bicyclic) bond motifs is 1. The number of aromatic nitrogens is 7. The van der Waals surface area contributed by atoms with Crippen molar-refractivity contribution in [3.05, 3.63) is 29.2 Å². The third-order valence-electron chi connectivity index (χ3n) is 4.28. The SMILES string of the molecule is Cc1cnc(C)n2nc(/C=C/c3nc(N4CCCC4)nn3C)nc12. The highest BCUT2D eigenvalue weighted by Crippen LogP contribution is 2.17. The summed E-state index contributed by atoms with van der Waals surface area (Å²) in [5.41, 5.74) is 1.83. The molecule has 8 nitrogen and oxygen atoms in total. The monoisotopic (exact) mass is 324 g/mol. The van der Waals surface area contributed by atoms with Gasteiger partial charge < -0.3 is 4.90 Å². The summed E-state index contributed by atoms with van der Waals surface area (Å²) >= 11 is 0. The van der Waals surface area contributed by atoms with E-state index in [0.29, 0.717) is 5.82 Å². The Kier molecular flexibility index (Phi) is 3.51. The lowest BCUT2D eigenvalue weighted by Crippen LogP contribution is -2.19. The fourth-order valence-electron chi connectivity index (χ4n) is 2.91. The zero-order valence-electron chi connectivity index (χ0n) is 14.1. The molecule has 0 N–H and O–H groups in total. The van der Waals surface area contributed by atoms with Crippen molar-refractivity contribution in [3.63, 3.8) is 0 Å². The molecule has 124 valence electrons. The predicted octanol–water partition coefficient (Wildman–Crippen LogP) is 1.64.